The van der Waals surface area contributed by atoms with Gasteiger partial charge in [-0.1, -0.05) is 18.2 Å². The van der Waals surface area contributed by atoms with E-state index in [1.165, 1.54) is 24.3 Å². The van der Waals surface area contributed by atoms with E-state index < -0.39 is 6.36 Å². The highest BCUT2D eigenvalue weighted by atomic mass is 19.4. The molecule has 23 heavy (non-hydrogen) atoms. The van der Waals surface area contributed by atoms with Crippen LogP contribution in [0.1, 0.15) is 10.4 Å². The molecule has 0 radical (unpaired) electrons. The monoisotopic (exact) mass is 323 g/mol. The molecule has 0 aromatic heterocycles. The number of carbonyl (C=O) groups excluding carboxylic acids is 1. The van der Waals surface area contributed by atoms with E-state index in [2.05, 4.69) is 10.1 Å². The third-order valence-corrected chi connectivity index (χ3v) is 3.29. The standard InChI is InChI=1S/C16H12F3NO3/c17-16(18,19)23-12-4-1-10(2-5-12)11-3-6-14-13(9-11)15(21)20-7-8-22-14/h1-6,9H,7-8H2,(H,20,21). The molecule has 2 aromatic rings. The van der Waals surface area contributed by atoms with Crippen molar-refractivity contribution in [2.45, 2.75) is 6.36 Å². The van der Waals surface area contributed by atoms with Crippen LogP contribution in [0.5, 0.6) is 11.5 Å². The Kier molecular flexibility index (Phi) is 3.85. The average molecular weight is 323 g/mol. The molecule has 0 saturated carbocycles. The molecular formula is C16H12F3NO3. The molecule has 1 aliphatic rings. The molecule has 1 amide bonds. The Hall–Kier alpha value is -2.70. The number of ether oxygens (including phenoxy) is 2. The molecule has 2 aromatic carbocycles. The van der Waals surface area contributed by atoms with Crippen LogP contribution in [0.3, 0.4) is 0 Å². The number of halogens is 3. The summed E-state index contributed by atoms with van der Waals surface area (Å²) in [7, 11) is 0. The normalized spacial score (nSPS) is 14.3. The summed E-state index contributed by atoms with van der Waals surface area (Å²) in [4.78, 5) is 12.0. The molecule has 0 bridgehead atoms. The van der Waals surface area contributed by atoms with Gasteiger partial charge in [-0.25, -0.2) is 0 Å². The molecule has 120 valence electrons. The number of rotatable bonds is 2. The Morgan fingerprint density at radius 1 is 1.04 bits per heavy atom. The third kappa shape index (κ3) is 3.56. The molecular weight excluding hydrogens is 311 g/mol. The van der Waals surface area contributed by atoms with Crippen LogP contribution < -0.4 is 14.8 Å². The molecule has 1 heterocycles. The minimum absolute atomic E-state index is 0.239. The molecule has 0 unspecified atom stereocenters. The predicted molar refractivity (Wildman–Crippen MR) is 76.4 cm³/mol. The smallest absolute Gasteiger partial charge is 0.491 e. The van der Waals surface area contributed by atoms with Crippen molar-refractivity contribution in [3.8, 4) is 22.6 Å². The fourth-order valence-corrected chi connectivity index (χ4v) is 2.28. The Labute approximate surface area is 129 Å². The van der Waals surface area contributed by atoms with E-state index in [1.807, 2.05) is 0 Å². The number of carbonyl (C=O) groups is 1. The van der Waals surface area contributed by atoms with Gasteiger partial charge in [0.05, 0.1) is 12.1 Å². The van der Waals surface area contributed by atoms with Crippen molar-refractivity contribution < 1.29 is 27.4 Å². The van der Waals surface area contributed by atoms with Crippen molar-refractivity contribution in [1.29, 1.82) is 0 Å². The highest BCUT2D eigenvalue weighted by Gasteiger charge is 2.31. The molecule has 7 heteroatoms. The lowest BCUT2D eigenvalue weighted by molar-refractivity contribution is -0.274. The van der Waals surface area contributed by atoms with E-state index in [9.17, 15) is 18.0 Å². The Bertz CT molecular complexity index is 726. The number of fused-ring (bicyclic) bond motifs is 1. The highest BCUT2D eigenvalue weighted by molar-refractivity contribution is 5.98. The van der Waals surface area contributed by atoms with Crippen molar-refractivity contribution in [3.63, 3.8) is 0 Å². The van der Waals surface area contributed by atoms with Crippen LogP contribution in [0.4, 0.5) is 13.2 Å². The second-order valence-electron chi connectivity index (χ2n) is 4.89. The first kappa shape index (κ1) is 15.2. The summed E-state index contributed by atoms with van der Waals surface area (Å²) in [5, 5.41) is 2.71. The average Bonchev–Trinajstić information content (AvgIpc) is 2.68. The van der Waals surface area contributed by atoms with Crippen LogP contribution >= 0.6 is 0 Å². The molecule has 1 N–H and O–H groups in total. The van der Waals surface area contributed by atoms with Crippen molar-refractivity contribution >= 4 is 5.91 Å². The Morgan fingerprint density at radius 3 is 2.43 bits per heavy atom. The fourth-order valence-electron chi connectivity index (χ4n) is 2.28. The van der Waals surface area contributed by atoms with Crippen LogP contribution in [-0.4, -0.2) is 25.4 Å². The van der Waals surface area contributed by atoms with Crippen molar-refractivity contribution in [1.82, 2.24) is 5.32 Å². The zero-order valence-electron chi connectivity index (χ0n) is 11.8. The topological polar surface area (TPSA) is 47.6 Å². The predicted octanol–water partition coefficient (Wildman–Crippen LogP) is 3.37. The Morgan fingerprint density at radius 2 is 1.74 bits per heavy atom. The number of hydrogen-bond acceptors (Lipinski definition) is 3. The number of benzene rings is 2. The molecule has 4 nitrogen and oxygen atoms in total. The van der Waals surface area contributed by atoms with Crippen LogP contribution in [0, 0.1) is 0 Å². The van der Waals surface area contributed by atoms with Gasteiger partial charge in [-0.05, 0) is 35.4 Å². The van der Waals surface area contributed by atoms with Crippen LogP contribution in [0.15, 0.2) is 42.5 Å². The molecule has 0 spiro atoms. The second kappa shape index (κ2) is 5.83. The molecule has 0 saturated heterocycles. The van der Waals surface area contributed by atoms with Gasteiger partial charge in [-0.2, -0.15) is 0 Å². The van der Waals surface area contributed by atoms with Gasteiger partial charge in [0.2, 0.25) is 0 Å². The van der Waals surface area contributed by atoms with Crippen LogP contribution in [-0.2, 0) is 0 Å². The minimum Gasteiger partial charge on any atom is -0.491 e. The second-order valence-corrected chi connectivity index (χ2v) is 4.89. The van der Waals surface area contributed by atoms with Crippen molar-refractivity contribution in [2.24, 2.45) is 0 Å². The SMILES string of the molecule is O=C1NCCOc2ccc(-c3ccc(OC(F)(F)F)cc3)cc21. The van der Waals surface area contributed by atoms with Gasteiger partial charge in [0, 0.05) is 0 Å². The largest absolute Gasteiger partial charge is 0.573 e. The molecule has 0 fully saturated rings. The van der Waals surface area contributed by atoms with Gasteiger partial charge in [0.25, 0.3) is 5.91 Å². The van der Waals surface area contributed by atoms with E-state index in [1.54, 1.807) is 18.2 Å². The van der Waals surface area contributed by atoms with Crippen LogP contribution in [0.2, 0.25) is 0 Å². The lowest BCUT2D eigenvalue weighted by Crippen LogP contribution is -2.24. The first-order chi connectivity index (χ1) is 10.9. The van der Waals surface area contributed by atoms with E-state index in [0.717, 1.165) is 0 Å². The summed E-state index contributed by atoms with van der Waals surface area (Å²) >= 11 is 0. The number of alkyl halides is 3. The quantitative estimate of drug-likeness (QED) is 0.922. The number of amides is 1. The first-order valence-electron chi connectivity index (χ1n) is 6.84. The van der Waals surface area contributed by atoms with Gasteiger partial charge in [0.1, 0.15) is 18.1 Å². The first-order valence-corrected chi connectivity index (χ1v) is 6.84. The van der Waals surface area contributed by atoms with E-state index in [0.29, 0.717) is 35.6 Å². The lowest BCUT2D eigenvalue weighted by Gasteiger charge is -2.10. The summed E-state index contributed by atoms with van der Waals surface area (Å²) < 4.78 is 45.8. The van der Waals surface area contributed by atoms with Gasteiger partial charge in [-0.15, -0.1) is 13.2 Å². The van der Waals surface area contributed by atoms with E-state index in [-0.39, 0.29) is 11.7 Å². The highest BCUT2D eigenvalue weighted by Crippen LogP contribution is 2.30. The summed E-state index contributed by atoms with van der Waals surface area (Å²) in [6.07, 6.45) is -4.72. The summed E-state index contributed by atoms with van der Waals surface area (Å²) in [5.41, 5.74) is 1.76. The van der Waals surface area contributed by atoms with Gasteiger partial charge in [0.15, 0.2) is 0 Å². The van der Waals surface area contributed by atoms with Gasteiger partial charge >= 0.3 is 6.36 Å². The molecule has 1 aliphatic heterocycles. The molecule has 0 aliphatic carbocycles. The van der Waals surface area contributed by atoms with Crippen LogP contribution in [0.25, 0.3) is 11.1 Å². The lowest BCUT2D eigenvalue weighted by atomic mass is 10.0. The third-order valence-electron chi connectivity index (χ3n) is 3.29. The van der Waals surface area contributed by atoms with Crippen molar-refractivity contribution in [2.75, 3.05) is 13.2 Å². The number of hydrogen-bond donors (Lipinski definition) is 1. The zero-order valence-corrected chi connectivity index (χ0v) is 11.8. The fraction of sp³-hybridized carbons (Fsp3) is 0.188. The minimum atomic E-state index is -4.72. The summed E-state index contributed by atoms with van der Waals surface area (Å²) in [5.74, 6) is -0.0470. The maximum atomic E-state index is 12.2. The van der Waals surface area contributed by atoms with Gasteiger partial charge in [-0.3, -0.25) is 4.79 Å². The summed E-state index contributed by atoms with van der Waals surface area (Å²) in [6, 6.07) is 10.5. The molecule has 0 atom stereocenters. The number of nitrogens with one attached hydrogen (secondary N) is 1. The van der Waals surface area contributed by atoms with Gasteiger partial charge < -0.3 is 14.8 Å². The maximum absolute atomic E-state index is 12.2. The molecule has 3 rings (SSSR count). The summed E-state index contributed by atoms with van der Waals surface area (Å²) in [6.45, 7) is 0.813. The van der Waals surface area contributed by atoms with E-state index in [4.69, 9.17) is 4.74 Å². The maximum Gasteiger partial charge on any atom is 0.573 e. The van der Waals surface area contributed by atoms with Crippen molar-refractivity contribution in [3.05, 3.63) is 48.0 Å². The van der Waals surface area contributed by atoms with E-state index >= 15 is 0 Å². The zero-order chi connectivity index (χ0) is 16.4. The Balaban J connectivity index is 1.89.